The zero-order chi connectivity index (χ0) is 26.7. The summed E-state index contributed by atoms with van der Waals surface area (Å²) in [5.74, 6) is -2.83. The molecular formula is C30H33FO6. The molecular weight excluding hydrogens is 475 g/mol. The van der Waals surface area contributed by atoms with Crippen molar-refractivity contribution in [3.8, 4) is 0 Å². The predicted molar refractivity (Wildman–Crippen MR) is 138 cm³/mol. The second-order valence-corrected chi connectivity index (χ2v) is 10.1. The first kappa shape index (κ1) is 26.8. The normalized spacial score (nSPS) is 27.2. The van der Waals surface area contributed by atoms with Crippen LogP contribution in [0.4, 0.5) is 4.39 Å². The first-order chi connectivity index (χ1) is 17.5. The van der Waals surface area contributed by atoms with E-state index in [1.165, 1.54) is 6.08 Å². The standard InChI is InChI=1S/C30H33FO6/c1-18-16-19(2)25-22(17-18)12-9-13-24-27(37-30(4,5)36-24)26(23(31)15-14-20(3)34-29(25)33)35-28(32)21-10-7-6-8-11-21/h6-12,15-17,20,24,26-27H,13-14H2,1-5H3/b12-9?,23-15+/t20-,24-,26?,27-/m0/s1. The van der Waals surface area contributed by atoms with Crippen LogP contribution >= 0.6 is 0 Å². The van der Waals surface area contributed by atoms with Gasteiger partial charge in [-0.3, -0.25) is 0 Å². The third-order valence-corrected chi connectivity index (χ3v) is 6.37. The minimum absolute atomic E-state index is 0.0919. The third-order valence-electron chi connectivity index (χ3n) is 6.37. The number of rotatable bonds is 2. The molecule has 0 bridgehead atoms. The Morgan fingerprint density at radius 3 is 2.54 bits per heavy atom. The molecule has 196 valence electrons. The molecule has 1 unspecified atom stereocenters. The SMILES string of the molecule is Cc1cc(C)c2c(c1)C=CC[C@@H]1OC(C)(C)O[C@@H]1C(OC(=O)c1ccccc1)/C(F)=C\C[C@H](C)OC2=O. The second kappa shape index (κ2) is 11.0. The maximum atomic E-state index is 15.7. The van der Waals surface area contributed by atoms with Crippen LogP contribution in [-0.4, -0.2) is 42.1 Å². The molecule has 0 N–H and O–H groups in total. The van der Waals surface area contributed by atoms with Crippen LogP contribution in [0.5, 0.6) is 0 Å². The van der Waals surface area contributed by atoms with Gasteiger partial charge in [-0.1, -0.05) is 48.0 Å². The van der Waals surface area contributed by atoms with Gasteiger partial charge in [0.2, 0.25) is 0 Å². The number of cyclic esters (lactones) is 1. The summed E-state index contributed by atoms with van der Waals surface area (Å²) < 4.78 is 39.2. The molecule has 0 radical (unpaired) electrons. The van der Waals surface area contributed by atoms with E-state index in [1.54, 1.807) is 51.1 Å². The average molecular weight is 509 g/mol. The highest BCUT2D eigenvalue weighted by Crippen LogP contribution is 2.36. The number of benzene rings is 2. The molecule has 4 rings (SSSR count). The Hall–Kier alpha value is -3.29. The monoisotopic (exact) mass is 508 g/mol. The molecule has 0 aliphatic carbocycles. The summed E-state index contributed by atoms with van der Waals surface area (Å²) in [6, 6.07) is 12.3. The Morgan fingerprint density at radius 2 is 1.81 bits per heavy atom. The van der Waals surface area contributed by atoms with E-state index < -0.39 is 48.0 Å². The van der Waals surface area contributed by atoms with Crippen molar-refractivity contribution in [1.82, 2.24) is 0 Å². The lowest BCUT2D eigenvalue weighted by atomic mass is 9.97. The molecule has 2 aliphatic heterocycles. The number of hydrogen-bond acceptors (Lipinski definition) is 6. The fourth-order valence-corrected chi connectivity index (χ4v) is 4.76. The molecule has 6 nitrogen and oxygen atoms in total. The van der Waals surface area contributed by atoms with Crippen molar-refractivity contribution >= 4 is 18.0 Å². The third kappa shape index (κ3) is 6.35. The van der Waals surface area contributed by atoms with Gasteiger partial charge in [0.05, 0.1) is 17.2 Å². The van der Waals surface area contributed by atoms with Crippen molar-refractivity contribution in [2.24, 2.45) is 0 Å². The van der Waals surface area contributed by atoms with Crippen LogP contribution in [0, 0.1) is 13.8 Å². The van der Waals surface area contributed by atoms with Crippen LogP contribution in [0.1, 0.15) is 71.0 Å². The molecule has 0 spiro atoms. The van der Waals surface area contributed by atoms with Crippen LogP contribution in [0.2, 0.25) is 0 Å². The summed E-state index contributed by atoms with van der Waals surface area (Å²) in [5.41, 5.74) is 3.33. The van der Waals surface area contributed by atoms with Gasteiger partial charge in [-0.05, 0) is 70.4 Å². The smallest absolute Gasteiger partial charge is 0.339 e. The van der Waals surface area contributed by atoms with Crippen molar-refractivity contribution in [2.75, 3.05) is 0 Å². The topological polar surface area (TPSA) is 71.1 Å². The number of carbonyl (C=O) groups is 2. The lowest BCUT2D eigenvalue weighted by Crippen LogP contribution is -2.39. The number of hydrogen-bond donors (Lipinski definition) is 0. The summed E-state index contributed by atoms with van der Waals surface area (Å²) in [6.45, 7) is 9.01. The van der Waals surface area contributed by atoms with Gasteiger partial charge < -0.3 is 18.9 Å². The molecule has 0 saturated carbocycles. The Labute approximate surface area is 217 Å². The number of ether oxygens (including phenoxy) is 4. The van der Waals surface area contributed by atoms with Crippen LogP contribution < -0.4 is 0 Å². The van der Waals surface area contributed by atoms with E-state index in [2.05, 4.69) is 0 Å². The van der Waals surface area contributed by atoms with E-state index in [0.29, 0.717) is 17.5 Å². The summed E-state index contributed by atoms with van der Waals surface area (Å²) in [5, 5.41) is 0. The van der Waals surface area contributed by atoms with Crippen molar-refractivity contribution in [2.45, 2.75) is 77.7 Å². The highest BCUT2D eigenvalue weighted by molar-refractivity contribution is 5.95. The summed E-state index contributed by atoms with van der Waals surface area (Å²) in [7, 11) is 0. The van der Waals surface area contributed by atoms with E-state index in [-0.39, 0.29) is 6.42 Å². The summed E-state index contributed by atoms with van der Waals surface area (Å²) >= 11 is 0. The first-order valence-corrected chi connectivity index (χ1v) is 12.5. The highest BCUT2D eigenvalue weighted by atomic mass is 19.1. The van der Waals surface area contributed by atoms with Crippen LogP contribution in [-0.2, 0) is 18.9 Å². The molecule has 0 aromatic heterocycles. The largest absolute Gasteiger partial charge is 0.459 e. The Bertz CT molecular complexity index is 1220. The Balaban J connectivity index is 1.73. The van der Waals surface area contributed by atoms with E-state index in [4.69, 9.17) is 18.9 Å². The van der Waals surface area contributed by atoms with Gasteiger partial charge in [0.15, 0.2) is 11.9 Å². The van der Waals surface area contributed by atoms with Crippen LogP contribution in [0.25, 0.3) is 6.08 Å². The van der Waals surface area contributed by atoms with Crippen molar-refractivity contribution in [3.05, 3.63) is 88.3 Å². The van der Waals surface area contributed by atoms with Crippen LogP contribution in [0.15, 0.2) is 60.4 Å². The zero-order valence-electron chi connectivity index (χ0n) is 21.8. The van der Waals surface area contributed by atoms with Crippen molar-refractivity contribution < 1.29 is 32.9 Å². The molecule has 2 heterocycles. The number of carbonyl (C=O) groups excluding carboxylic acids is 2. The van der Waals surface area contributed by atoms with Crippen molar-refractivity contribution in [1.29, 1.82) is 0 Å². The molecule has 7 heteroatoms. The summed E-state index contributed by atoms with van der Waals surface area (Å²) in [6.07, 6.45) is 2.00. The predicted octanol–water partition coefficient (Wildman–Crippen LogP) is 6.25. The van der Waals surface area contributed by atoms with Crippen LogP contribution in [0.3, 0.4) is 0 Å². The van der Waals surface area contributed by atoms with Gasteiger partial charge in [0.1, 0.15) is 18.0 Å². The van der Waals surface area contributed by atoms with E-state index >= 15 is 4.39 Å². The number of fused-ring (bicyclic) bond motifs is 2. The molecule has 2 aromatic rings. The molecule has 1 saturated heterocycles. The minimum atomic E-state index is -1.34. The molecule has 1 fully saturated rings. The van der Waals surface area contributed by atoms with Gasteiger partial charge in [0, 0.05) is 6.42 Å². The summed E-state index contributed by atoms with van der Waals surface area (Å²) in [4.78, 5) is 25.9. The zero-order valence-corrected chi connectivity index (χ0v) is 21.8. The molecule has 37 heavy (non-hydrogen) atoms. The lowest BCUT2D eigenvalue weighted by molar-refractivity contribution is -0.154. The number of halogens is 1. The van der Waals surface area contributed by atoms with Gasteiger partial charge in [0.25, 0.3) is 0 Å². The van der Waals surface area contributed by atoms with E-state index in [9.17, 15) is 9.59 Å². The number of esters is 2. The molecule has 4 atom stereocenters. The molecule has 0 amide bonds. The number of aryl methyl sites for hydroxylation is 2. The fraction of sp³-hybridized carbons (Fsp3) is 0.400. The maximum absolute atomic E-state index is 15.7. The Morgan fingerprint density at radius 1 is 1.08 bits per heavy atom. The average Bonchev–Trinajstić information content (AvgIpc) is 3.14. The second-order valence-electron chi connectivity index (χ2n) is 10.1. The highest BCUT2D eigenvalue weighted by Gasteiger charge is 2.47. The maximum Gasteiger partial charge on any atom is 0.339 e. The lowest BCUT2D eigenvalue weighted by Gasteiger charge is -2.26. The van der Waals surface area contributed by atoms with E-state index in [1.807, 2.05) is 38.1 Å². The van der Waals surface area contributed by atoms with Gasteiger partial charge in [-0.15, -0.1) is 0 Å². The molecule has 2 aliphatic rings. The van der Waals surface area contributed by atoms with Gasteiger partial charge in [-0.2, -0.15) is 0 Å². The first-order valence-electron chi connectivity index (χ1n) is 12.5. The van der Waals surface area contributed by atoms with Crippen molar-refractivity contribution in [3.63, 3.8) is 0 Å². The fourth-order valence-electron chi connectivity index (χ4n) is 4.76. The minimum Gasteiger partial charge on any atom is -0.459 e. The van der Waals surface area contributed by atoms with Gasteiger partial charge in [-0.25, -0.2) is 14.0 Å². The quantitative estimate of drug-likeness (QED) is 0.446. The van der Waals surface area contributed by atoms with Gasteiger partial charge >= 0.3 is 11.9 Å². The molecule has 2 aromatic carbocycles. The van der Waals surface area contributed by atoms with E-state index in [0.717, 1.165) is 16.7 Å². The Kier molecular flexibility index (Phi) is 7.95.